The van der Waals surface area contributed by atoms with E-state index in [2.05, 4.69) is 17.4 Å². The molecular formula is C30H24ClNO5. The summed E-state index contributed by atoms with van der Waals surface area (Å²) in [6.45, 7) is 0.108. The van der Waals surface area contributed by atoms with Crippen molar-refractivity contribution in [2.24, 2.45) is 0 Å². The predicted octanol–water partition coefficient (Wildman–Crippen LogP) is 6.67. The van der Waals surface area contributed by atoms with Crippen molar-refractivity contribution in [2.45, 2.75) is 18.4 Å². The van der Waals surface area contributed by atoms with Crippen LogP contribution >= 0.6 is 11.6 Å². The van der Waals surface area contributed by atoms with E-state index in [9.17, 15) is 14.7 Å². The van der Waals surface area contributed by atoms with Gasteiger partial charge in [0.15, 0.2) is 0 Å². The molecule has 1 unspecified atom stereocenters. The quantitative estimate of drug-likeness (QED) is 0.275. The Labute approximate surface area is 219 Å². The van der Waals surface area contributed by atoms with E-state index in [-0.39, 0.29) is 18.9 Å². The first-order valence-electron chi connectivity index (χ1n) is 11.8. The van der Waals surface area contributed by atoms with E-state index in [0.717, 1.165) is 22.3 Å². The van der Waals surface area contributed by atoms with Crippen LogP contribution in [0.25, 0.3) is 11.1 Å². The molecule has 5 rings (SSSR count). The van der Waals surface area contributed by atoms with Crippen molar-refractivity contribution in [3.05, 3.63) is 119 Å². The number of carboxylic acids is 1. The third kappa shape index (κ3) is 5.60. The second-order valence-corrected chi connectivity index (χ2v) is 9.20. The van der Waals surface area contributed by atoms with Crippen LogP contribution in [0.4, 0.5) is 4.79 Å². The van der Waals surface area contributed by atoms with Crippen LogP contribution in [-0.4, -0.2) is 29.8 Å². The van der Waals surface area contributed by atoms with Crippen molar-refractivity contribution < 1.29 is 24.2 Å². The van der Waals surface area contributed by atoms with Gasteiger partial charge in [-0.05, 0) is 64.2 Å². The molecule has 186 valence electrons. The summed E-state index contributed by atoms with van der Waals surface area (Å²) in [5.74, 6) is -0.112. The molecule has 2 N–H and O–H groups in total. The molecule has 0 fully saturated rings. The monoisotopic (exact) mass is 513 g/mol. The van der Waals surface area contributed by atoms with Crippen molar-refractivity contribution in [3.8, 4) is 22.6 Å². The maximum Gasteiger partial charge on any atom is 0.407 e. The van der Waals surface area contributed by atoms with E-state index in [4.69, 9.17) is 21.1 Å². The van der Waals surface area contributed by atoms with Crippen LogP contribution in [0.3, 0.4) is 0 Å². The molecule has 0 saturated carbocycles. The van der Waals surface area contributed by atoms with Gasteiger partial charge in [0.25, 0.3) is 0 Å². The number of rotatable bonds is 8. The van der Waals surface area contributed by atoms with Crippen molar-refractivity contribution >= 4 is 23.7 Å². The lowest BCUT2D eigenvalue weighted by Crippen LogP contribution is -2.42. The summed E-state index contributed by atoms with van der Waals surface area (Å²) >= 11 is 5.92. The van der Waals surface area contributed by atoms with Crippen LogP contribution in [-0.2, 0) is 16.0 Å². The van der Waals surface area contributed by atoms with E-state index in [0.29, 0.717) is 22.1 Å². The normalized spacial score (nSPS) is 12.8. The van der Waals surface area contributed by atoms with Gasteiger partial charge >= 0.3 is 12.1 Å². The minimum atomic E-state index is -1.17. The van der Waals surface area contributed by atoms with Gasteiger partial charge in [-0.15, -0.1) is 0 Å². The van der Waals surface area contributed by atoms with Crippen molar-refractivity contribution in [3.63, 3.8) is 0 Å². The fourth-order valence-electron chi connectivity index (χ4n) is 4.59. The number of hydrogen-bond donors (Lipinski definition) is 2. The van der Waals surface area contributed by atoms with Gasteiger partial charge in [0, 0.05) is 17.4 Å². The fraction of sp³-hybridized carbons (Fsp3) is 0.133. The summed E-state index contributed by atoms with van der Waals surface area (Å²) in [5, 5.41) is 12.8. The van der Waals surface area contributed by atoms with Gasteiger partial charge in [0.05, 0.1) is 0 Å². The van der Waals surface area contributed by atoms with Crippen molar-refractivity contribution in [2.75, 3.05) is 6.61 Å². The molecule has 37 heavy (non-hydrogen) atoms. The van der Waals surface area contributed by atoms with Crippen LogP contribution in [0.1, 0.15) is 22.6 Å². The third-order valence-corrected chi connectivity index (χ3v) is 6.57. The highest BCUT2D eigenvalue weighted by Gasteiger charge is 2.29. The number of benzene rings is 4. The number of carbonyl (C=O) groups is 2. The van der Waals surface area contributed by atoms with Gasteiger partial charge in [-0.25, -0.2) is 9.59 Å². The summed E-state index contributed by atoms with van der Waals surface area (Å²) in [5.41, 5.74) is 5.11. The molecule has 0 aromatic heterocycles. The lowest BCUT2D eigenvalue weighted by Gasteiger charge is -2.18. The van der Waals surface area contributed by atoms with Gasteiger partial charge in [-0.3, -0.25) is 0 Å². The maximum atomic E-state index is 12.6. The number of carboxylic acid groups (broad SMARTS) is 1. The average molecular weight is 514 g/mol. The summed E-state index contributed by atoms with van der Waals surface area (Å²) in [4.78, 5) is 24.6. The van der Waals surface area contributed by atoms with Gasteiger partial charge in [0.1, 0.15) is 24.1 Å². The third-order valence-electron chi connectivity index (χ3n) is 6.32. The zero-order valence-corrected chi connectivity index (χ0v) is 20.5. The van der Waals surface area contributed by atoms with Crippen LogP contribution < -0.4 is 10.1 Å². The standard InChI is InChI=1S/C30H24ClNO5/c31-20-12-14-21(15-13-20)37-22-7-5-6-19(16-22)17-28(29(33)34)32-30(35)36-18-27-25-10-3-1-8-23(25)24-9-2-4-11-26(24)27/h1-16,27-28H,17-18H2,(H,32,35)(H,33,34). The first kappa shape index (κ1) is 24.4. The summed E-state index contributed by atoms with van der Waals surface area (Å²) in [7, 11) is 0. The number of carbonyl (C=O) groups excluding carboxylic acids is 1. The number of aliphatic carboxylic acids is 1. The van der Waals surface area contributed by atoms with Crippen molar-refractivity contribution in [1.82, 2.24) is 5.32 Å². The molecule has 1 atom stereocenters. The predicted molar refractivity (Wildman–Crippen MR) is 141 cm³/mol. The molecule has 1 amide bonds. The number of nitrogens with one attached hydrogen (secondary N) is 1. The molecule has 0 heterocycles. The number of halogens is 1. The van der Waals surface area contributed by atoms with Crippen molar-refractivity contribution in [1.29, 1.82) is 0 Å². The molecule has 0 bridgehead atoms. The Morgan fingerprint density at radius 1 is 0.838 bits per heavy atom. The number of ether oxygens (including phenoxy) is 2. The topological polar surface area (TPSA) is 84.9 Å². The Kier molecular flexibility index (Phi) is 7.10. The lowest BCUT2D eigenvalue weighted by molar-refractivity contribution is -0.139. The Balaban J connectivity index is 1.22. The van der Waals surface area contributed by atoms with E-state index >= 15 is 0 Å². The summed E-state index contributed by atoms with van der Waals surface area (Å²) in [6.07, 6.45) is -0.708. The highest BCUT2D eigenvalue weighted by Crippen LogP contribution is 2.44. The van der Waals surface area contributed by atoms with Crippen LogP contribution in [0.2, 0.25) is 5.02 Å². The highest BCUT2D eigenvalue weighted by molar-refractivity contribution is 6.30. The molecule has 7 heteroatoms. The van der Waals surface area contributed by atoms with Gasteiger partial charge in [-0.1, -0.05) is 72.3 Å². The number of hydrogen-bond acceptors (Lipinski definition) is 4. The Morgan fingerprint density at radius 3 is 2.14 bits per heavy atom. The van der Waals surface area contributed by atoms with E-state index < -0.39 is 18.1 Å². The minimum absolute atomic E-state index is 0.0668. The second kappa shape index (κ2) is 10.8. The van der Waals surface area contributed by atoms with E-state index in [1.54, 1.807) is 48.5 Å². The number of amides is 1. The fourth-order valence-corrected chi connectivity index (χ4v) is 4.72. The van der Waals surface area contributed by atoms with E-state index in [1.165, 1.54) is 0 Å². The first-order chi connectivity index (χ1) is 18.0. The molecule has 4 aromatic carbocycles. The molecule has 1 aliphatic carbocycles. The average Bonchev–Trinajstić information content (AvgIpc) is 3.22. The Morgan fingerprint density at radius 2 is 1.49 bits per heavy atom. The van der Waals surface area contributed by atoms with Crippen LogP contribution in [0, 0.1) is 0 Å². The molecule has 1 aliphatic rings. The largest absolute Gasteiger partial charge is 0.480 e. The maximum absolute atomic E-state index is 12.6. The SMILES string of the molecule is O=C(NC(Cc1cccc(Oc2ccc(Cl)cc2)c1)C(=O)O)OCC1c2ccccc2-c2ccccc21. The molecule has 0 spiro atoms. The zero-order chi connectivity index (χ0) is 25.8. The first-order valence-corrected chi connectivity index (χ1v) is 12.2. The van der Waals surface area contributed by atoms with E-state index in [1.807, 2.05) is 36.4 Å². The molecule has 0 radical (unpaired) electrons. The molecule has 0 saturated heterocycles. The Bertz CT molecular complexity index is 1390. The lowest BCUT2D eigenvalue weighted by atomic mass is 9.98. The summed E-state index contributed by atoms with van der Waals surface area (Å²) < 4.78 is 11.4. The number of fused-ring (bicyclic) bond motifs is 3. The minimum Gasteiger partial charge on any atom is -0.480 e. The van der Waals surface area contributed by atoms with Crippen LogP contribution in [0.15, 0.2) is 97.1 Å². The smallest absolute Gasteiger partial charge is 0.407 e. The summed E-state index contributed by atoms with van der Waals surface area (Å²) in [6, 6.07) is 28.9. The van der Waals surface area contributed by atoms with Gasteiger partial charge < -0.3 is 19.9 Å². The van der Waals surface area contributed by atoms with Crippen LogP contribution in [0.5, 0.6) is 11.5 Å². The Hall–Kier alpha value is -4.29. The number of alkyl carbamates (subject to hydrolysis) is 1. The zero-order valence-electron chi connectivity index (χ0n) is 19.8. The molecule has 4 aromatic rings. The van der Waals surface area contributed by atoms with Gasteiger partial charge in [0.2, 0.25) is 0 Å². The van der Waals surface area contributed by atoms with Gasteiger partial charge in [-0.2, -0.15) is 0 Å². The molecular weight excluding hydrogens is 490 g/mol. The second-order valence-electron chi connectivity index (χ2n) is 8.77. The highest BCUT2D eigenvalue weighted by atomic mass is 35.5. The molecule has 0 aliphatic heterocycles. The molecule has 6 nitrogen and oxygen atoms in total.